The standard InChI is InChI=1S/C15H15ClFN/c1-10-9-12(6-7-13(10)17)15(16)11(2)14-5-3-4-8-18-14/h3-9,11,15H,1-2H3. The fourth-order valence-corrected chi connectivity index (χ4v) is 2.19. The lowest BCUT2D eigenvalue weighted by atomic mass is 9.96. The molecule has 94 valence electrons. The fourth-order valence-electron chi connectivity index (χ4n) is 1.92. The Morgan fingerprint density at radius 1 is 1.22 bits per heavy atom. The number of nitrogens with zero attached hydrogens (tertiary/aromatic N) is 1. The Morgan fingerprint density at radius 3 is 2.61 bits per heavy atom. The Kier molecular flexibility index (Phi) is 3.97. The van der Waals surface area contributed by atoms with Crippen LogP contribution in [0.4, 0.5) is 4.39 Å². The van der Waals surface area contributed by atoms with Gasteiger partial charge in [-0.15, -0.1) is 11.6 Å². The molecule has 1 nitrogen and oxygen atoms in total. The van der Waals surface area contributed by atoms with Crippen molar-refractivity contribution in [1.82, 2.24) is 4.98 Å². The van der Waals surface area contributed by atoms with Gasteiger partial charge >= 0.3 is 0 Å². The van der Waals surface area contributed by atoms with Gasteiger partial charge in [0.2, 0.25) is 0 Å². The van der Waals surface area contributed by atoms with Gasteiger partial charge in [-0.3, -0.25) is 4.98 Å². The number of hydrogen-bond acceptors (Lipinski definition) is 1. The highest BCUT2D eigenvalue weighted by Crippen LogP contribution is 2.35. The maximum absolute atomic E-state index is 13.2. The third kappa shape index (κ3) is 2.70. The van der Waals surface area contributed by atoms with Crippen LogP contribution in [0.25, 0.3) is 0 Å². The van der Waals surface area contributed by atoms with Crippen molar-refractivity contribution in [3.05, 3.63) is 65.2 Å². The molecule has 0 radical (unpaired) electrons. The quantitative estimate of drug-likeness (QED) is 0.737. The zero-order valence-corrected chi connectivity index (χ0v) is 11.2. The van der Waals surface area contributed by atoms with E-state index in [0.29, 0.717) is 5.56 Å². The van der Waals surface area contributed by atoms with Gasteiger partial charge in [0.15, 0.2) is 0 Å². The number of pyridine rings is 1. The lowest BCUT2D eigenvalue weighted by molar-refractivity contribution is 0.615. The Balaban J connectivity index is 2.25. The van der Waals surface area contributed by atoms with Crippen LogP contribution in [0.2, 0.25) is 0 Å². The first kappa shape index (κ1) is 13.0. The molecule has 3 heteroatoms. The zero-order chi connectivity index (χ0) is 13.1. The molecule has 0 saturated carbocycles. The molecule has 0 bridgehead atoms. The van der Waals surface area contributed by atoms with E-state index >= 15 is 0 Å². The van der Waals surface area contributed by atoms with Gasteiger partial charge in [0, 0.05) is 17.8 Å². The summed E-state index contributed by atoms with van der Waals surface area (Å²) in [6, 6.07) is 10.8. The van der Waals surface area contributed by atoms with Gasteiger partial charge < -0.3 is 0 Å². The summed E-state index contributed by atoms with van der Waals surface area (Å²) in [5, 5.41) is -0.209. The van der Waals surface area contributed by atoms with Crippen molar-refractivity contribution in [2.75, 3.05) is 0 Å². The normalized spacial score (nSPS) is 14.2. The molecule has 1 aromatic carbocycles. The minimum atomic E-state index is -0.209. The van der Waals surface area contributed by atoms with Crippen LogP contribution < -0.4 is 0 Å². The average Bonchev–Trinajstić information content (AvgIpc) is 2.41. The summed E-state index contributed by atoms with van der Waals surface area (Å²) in [5.41, 5.74) is 2.49. The molecule has 2 unspecified atom stereocenters. The zero-order valence-electron chi connectivity index (χ0n) is 10.4. The summed E-state index contributed by atoms with van der Waals surface area (Å²) in [4.78, 5) is 4.31. The van der Waals surface area contributed by atoms with E-state index in [1.165, 1.54) is 6.07 Å². The van der Waals surface area contributed by atoms with E-state index in [9.17, 15) is 4.39 Å². The Bertz CT molecular complexity index is 527. The Morgan fingerprint density at radius 2 is 2.00 bits per heavy atom. The van der Waals surface area contributed by atoms with Crippen molar-refractivity contribution < 1.29 is 4.39 Å². The number of aryl methyl sites for hydroxylation is 1. The molecule has 0 saturated heterocycles. The molecule has 1 heterocycles. The van der Waals surface area contributed by atoms with Crippen molar-refractivity contribution >= 4 is 11.6 Å². The molecule has 0 N–H and O–H groups in total. The van der Waals surface area contributed by atoms with E-state index in [-0.39, 0.29) is 17.1 Å². The molecule has 0 spiro atoms. The second-order valence-corrected chi connectivity index (χ2v) is 4.92. The summed E-state index contributed by atoms with van der Waals surface area (Å²) in [7, 11) is 0. The number of benzene rings is 1. The van der Waals surface area contributed by atoms with Crippen LogP contribution in [0.15, 0.2) is 42.6 Å². The van der Waals surface area contributed by atoms with Gasteiger partial charge in [-0.2, -0.15) is 0 Å². The lowest BCUT2D eigenvalue weighted by Crippen LogP contribution is -2.05. The molecule has 2 rings (SSSR count). The van der Waals surface area contributed by atoms with E-state index in [1.54, 1.807) is 25.3 Å². The fraction of sp³-hybridized carbons (Fsp3) is 0.267. The van der Waals surface area contributed by atoms with Gasteiger partial charge in [-0.25, -0.2) is 4.39 Å². The highest BCUT2D eigenvalue weighted by atomic mass is 35.5. The molecule has 0 amide bonds. The van der Waals surface area contributed by atoms with Gasteiger partial charge in [0.25, 0.3) is 0 Å². The van der Waals surface area contributed by atoms with Gasteiger partial charge in [0.1, 0.15) is 5.82 Å². The van der Waals surface area contributed by atoms with E-state index in [2.05, 4.69) is 4.98 Å². The van der Waals surface area contributed by atoms with Crippen LogP contribution in [-0.4, -0.2) is 4.98 Å². The molecule has 2 atom stereocenters. The van der Waals surface area contributed by atoms with Crippen molar-refractivity contribution in [3.8, 4) is 0 Å². The highest BCUT2D eigenvalue weighted by molar-refractivity contribution is 6.21. The first-order valence-corrected chi connectivity index (χ1v) is 6.34. The van der Waals surface area contributed by atoms with E-state index in [1.807, 2.05) is 25.1 Å². The number of alkyl halides is 1. The molecule has 1 aromatic heterocycles. The van der Waals surface area contributed by atoms with Crippen LogP contribution in [0.1, 0.15) is 35.0 Å². The van der Waals surface area contributed by atoms with E-state index in [0.717, 1.165) is 11.3 Å². The number of aromatic nitrogens is 1. The Hall–Kier alpha value is -1.41. The Labute approximate surface area is 112 Å². The number of rotatable bonds is 3. The van der Waals surface area contributed by atoms with Gasteiger partial charge in [0.05, 0.1) is 5.38 Å². The van der Waals surface area contributed by atoms with Crippen LogP contribution in [0.3, 0.4) is 0 Å². The summed E-state index contributed by atoms with van der Waals surface area (Å²) in [6.45, 7) is 3.77. The molecule has 0 aliphatic carbocycles. The van der Waals surface area contributed by atoms with Crippen molar-refractivity contribution in [1.29, 1.82) is 0 Å². The SMILES string of the molecule is Cc1cc(C(Cl)C(C)c2ccccn2)ccc1F. The third-order valence-electron chi connectivity index (χ3n) is 3.09. The molecular formula is C15H15ClFN. The first-order valence-electron chi connectivity index (χ1n) is 5.90. The van der Waals surface area contributed by atoms with Crippen LogP contribution in [0, 0.1) is 12.7 Å². The van der Waals surface area contributed by atoms with Crippen molar-refractivity contribution in [2.45, 2.75) is 25.1 Å². The van der Waals surface area contributed by atoms with Crippen LogP contribution >= 0.6 is 11.6 Å². The molecular weight excluding hydrogens is 249 g/mol. The number of hydrogen-bond donors (Lipinski definition) is 0. The summed E-state index contributed by atoms with van der Waals surface area (Å²) >= 11 is 6.45. The monoisotopic (exact) mass is 263 g/mol. The largest absolute Gasteiger partial charge is 0.261 e. The minimum Gasteiger partial charge on any atom is -0.261 e. The summed E-state index contributed by atoms with van der Waals surface area (Å²) in [6.07, 6.45) is 1.76. The molecule has 18 heavy (non-hydrogen) atoms. The van der Waals surface area contributed by atoms with Crippen LogP contribution in [0.5, 0.6) is 0 Å². The predicted molar refractivity (Wildman–Crippen MR) is 72.4 cm³/mol. The minimum absolute atomic E-state index is 0.0812. The van der Waals surface area contributed by atoms with Crippen molar-refractivity contribution in [2.24, 2.45) is 0 Å². The molecule has 0 aliphatic heterocycles. The topological polar surface area (TPSA) is 12.9 Å². The summed E-state index contributed by atoms with van der Waals surface area (Å²) < 4.78 is 13.2. The molecule has 0 fully saturated rings. The second kappa shape index (κ2) is 5.49. The number of halogens is 2. The lowest BCUT2D eigenvalue weighted by Gasteiger charge is -2.18. The first-order chi connectivity index (χ1) is 8.59. The van der Waals surface area contributed by atoms with Crippen molar-refractivity contribution in [3.63, 3.8) is 0 Å². The molecule has 2 aromatic rings. The maximum atomic E-state index is 13.2. The third-order valence-corrected chi connectivity index (χ3v) is 3.72. The van der Waals surface area contributed by atoms with E-state index < -0.39 is 0 Å². The predicted octanol–water partition coefficient (Wildman–Crippen LogP) is 4.61. The second-order valence-electron chi connectivity index (χ2n) is 4.45. The van der Waals surface area contributed by atoms with Gasteiger partial charge in [-0.05, 0) is 36.2 Å². The average molecular weight is 264 g/mol. The van der Waals surface area contributed by atoms with Gasteiger partial charge in [-0.1, -0.05) is 25.1 Å². The smallest absolute Gasteiger partial charge is 0.126 e. The van der Waals surface area contributed by atoms with Crippen LogP contribution in [-0.2, 0) is 0 Å². The summed E-state index contributed by atoms with van der Waals surface area (Å²) in [5.74, 6) is -0.120. The maximum Gasteiger partial charge on any atom is 0.126 e. The highest BCUT2D eigenvalue weighted by Gasteiger charge is 2.19. The van der Waals surface area contributed by atoms with E-state index in [4.69, 9.17) is 11.6 Å². The molecule has 0 aliphatic rings.